The molecular weight excluding hydrogens is 258 g/mol. The molecule has 0 spiro atoms. The highest BCUT2D eigenvalue weighted by Crippen LogP contribution is 2.33. The van der Waals surface area contributed by atoms with Gasteiger partial charge in [-0.25, -0.2) is 9.79 Å². The van der Waals surface area contributed by atoms with E-state index in [1.165, 1.54) is 0 Å². The van der Waals surface area contributed by atoms with E-state index >= 15 is 0 Å². The van der Waals surface area contributed by atoms with Gasteiger partial charge in [0, 0.05) is 17.4 Å². The molecule has 5 nitrogen and oxygen atoms in total. The summed E-state index contributed by atoms with van der Waals surface area (Å²) in [6.45, 7) is 7.92. The van der Waals surface area contributed by atoms with E-state index in [1.54, 1.807) is 37.4 Å². The molecule has 0 aromatic heterocycles. The fourth-order valence-electron chi connectivity index (χ4n) is 1.76. The van der Waals surface area contributed by atoms with Crippen molar-refractivity contribution in [3.8, 4) is 5.75 Å². The minimum atomic E-state index is -1.42. The van der Waals surface area contributed by atoms with Gasteiger partial charge in [0.2, 0.25) is 0 Å². The van der Waals surface area contributed by atoms with Crippen molar-refractivity contribution in [2.45, 2.75) is 19.8 Å². The highest BCUT2D eigenvalue weighted by atomic mass is 16.7. The summed E-state index contributed by atoms with van der Waals surface area (Å²) in [6, 6.07) is 7.09. The third kappa shape index (κ3) is 2.88. The Bertz CT molecular complexity index is 535. The average Bonchev–Trinajstić information content (AvgIpc) is 2.89. The molecule has 106 valence electrons. The molecule has 2 rings (SSSR count). The minimum Gasteiger partial charge on any atom is -0.494 e. The number of ether oxygens (including phenoxy) is 3. The summed E-state index contributed by atoms with van der Waals surface area (Å²) in [4.78, 5) is 15.9. The molecule has 0 fully saturated rings. The molecule has 1 aliphatic rings. The second-order valence-corrected chi connectivity index (χ2v) is 4.33. The second-order valence-electron chi connectivity index (χ2n) is 4.33. The summed E-state index contributed by atoms with van der Waals surface area (Å²) in [6.07, 6.45) is 1.57. The van der Waals surface area contributed by atoms with Gasteiger partial charge in [0.25, 0.3) is 0 Å². The Balaban J connectivity index is 2.26. The zero-order chi connectivity index (χ0) is 14.6. The lowest BCUT2D eigenvalue weighted by atomic mass is 10.1. The molecule has 1 atom stereocenters. The number of rotatable bonds is 5. The Hall–Kier alpha value is -2.14. The SMILES string of the molecule is C=C(C)C(=O)OC1(c2ccc(OCC)cc2)N=CCO1. The van der Waals surface area contributed by atoms with Crippen LogP contribution >= 0.6 is 0 Å². The van der Waals surface area contributed by atoms with Crippen molar-refractivity contribution < 1.29 is 19.0 Å². The van der Waals surface area contributed by atoms with Crippen LogP contribution in [0, 0.1) is 0 Å². The Morgan fingerprint density at radius 1 is 1.45 bits per heavy atom. The number of benzene rings is 1. The molecule has 1 aliphatic heterocycles. The number of esters is 1. The Morgan fingerprint density at radius 2 is 2.15 bits per heavy atom. The van der Waals surface area contributed by atoms with Crippen LogP contribution in [-0.4, -0.2) is 25.4 Å². The highest BCUT2D eigenvalue weighted by Gasteiger charge is 2.40. The van der Waals surface area contributed by atoms with Gasteiger partial charge in [-0.3, -0.25) is 0 Å². The monoisotopic (exact) mass is 275 g/mol. The van der Waals surface area contributed by atoms with Crippen LogP contribution < -0.4 is 4.74 Å². The third-order valence-corrected chi connectivity index (χ3v) is 2.72. The summed E-state index contributed by atoms with van der Waals surface area (Å²) in [7, 11) is 0. The van der Waals surface area contributed by atoms with Gasteiger partial charge in [-0.05, 0) is 38.1 Å². The smallest absolute Gasteiger partial charge is 0.343 e. The first-order valence-corrected chi connectivity index (χ1v) is 6.37. The summed E-state index contributed by atoms with van der Waals surface area (Å²) in [5.74, 6) is -1.22. The van der Waals surface area contributed by atoms with Gasteiger partial charge >= 0.3 is 11.9 Å². The lowest BCUT2D eigenvalue weighted by Crippen LogP contribution is -2.31. The molecule has 5 heteroatoms. The summed E-state index contributed by atoms with van der Waals surface area (Å²) < 4.78 is 16.2. The number of hydrogen-bond acceptors (Lipinski definition) is 5. The summed E-state index contributed by atoms with van der Waals surface area (Å²) in [5, 5.41) is 0. The van der Waals surface area contributed by atoms with Gasteiger partial charge in [-0.1, -0.05) is 6.58 Å². The zero-order valence-corrected chi connectivity index (χ0v) is 11.6. The number of aliphatic imine (C=N–C) groups is 1. The van der Waals surface area contributed by atoms with Crippen molar-refractivity contribution in [3.05, 3.63) is 42.0 Å². The molecule has 0 aliphatic carbocycles. The second kappa shape index (κ2) is 5.88. The van der Waals surface area contributed by atoms with E-state index in [-0.39, 0.29) is 6.61 Å². The third-order valence-electron chi connectivity index (χ3n) is 2.72. The summed E-state index contributed by atoms with van der Waals surface area (Å²) in [5.41, 5.74) is 0.922. The van der Waals surface area contributed by atoms with Gasteiger partial charge in [-0.15, -0.1) is 0 Å². The molecule has 0 radical (unpaired) electrons. The van der Waals surface area contributed by atoms with Crippen molar-refractivity contribution in [3.63, 3.8) is 0 Å². The topological polar surface area (TPSA) is 57.1 Å². The highest BCUT2D eigenvalue weighted by molar-refractivity contribution is 5.87. The number of nitrogens with zero attached hydrogens (tertiary/aromatic N) is 1. The fourth-order valence-corrected chi connectivity index (χ4v) is 1.76. The van der Waals surface area contributed by atoms with E-state index < -0.39 is 11.9 Å². The van der Waals surface area contributed by atoms with E-state index in [0.29, 0.717) is 17.7 Å². The van der Waals surface area contributed by atoms with Crippen molar-refractivity contribution in [1.29, 1.82) is 0 Å². The molecular formula is C15H17NO4. The van der Waals surface area contributed by atoms with Crippen LogP contribution in [0.1, 0.15) is 19.4 Å². The Labute approximate surface area is 117 Å². The van der Waals surface area contributed by atoms with Gasteiger partial charge in [0.15, 0.2) is 0 Å². The first kappa shape index (κ1) is 14.3. The maximum absolute atomic E-state index is 11.7. The van der Waals surface area contributed by atoms with Crippen molar-refractivity contribution in [1.82, 2.24) is 0 Å². The Kier molecular flexibility index (Phi) is 4.20. The van der Waals surface area contributed by atoms with Gasteiger partial charge in [0.05, 0.1) is 13.2 Å². The molecule has 0 saturated carbocycles. The predicted molar refractivity (Wildman–Crippen MR) is 74.6 cm³/mol. The first-order chi connectivity index (χ1) is 9.57. The van der Waals surface area contributed by atoms with Crippen LogP contribution in [-0.2, 0) is 20.2 Å². The van der Waals surface area contributed by atoms with Crippen molar-refractivity contribution in [2.24, 2.45) is 4.99 Å². The van der Waals surface area contributed by atoms with Crippen LogP contribution in [0.2, 0.25) is 0 Å². The van der Waals surface area contributed by atoms with E-state index in [1.807, 2.05) is 6.92 Å². The van der Waals surface area contributed by atoms with Crippen LogP contribution in [0.25, 0.3) is 0 Å². The molecule has 0 N–H and O–H groups in total. The molecule has 1 aromatic carbocycles. The quantitative estimate of drug-likeness (QED) is 0.611. The molecule has 1 aromatic rings. The maximum Gasteiger partial charge on any atom is 0.343 e. The number of hydrogen-bond donors (Lipinski definition) is 0. The van der Waals surface area contributed by atoms with Crippen molar-refractivity contribution >= 4 is 12.2 Å². The first-order valence-electron chi connectivity index (χ1n) is 6.37. The zero-order valence-electron chi connectivity index (χ0n) is 11.6. The van der Waals surface area contributed by atoms with Crippen LogP contribution in [0.15, 0.2) is 41.4 Å². The standard InChI is InChI=1S/C15H17NO4/c1-4-18-13-7-5-12(6-8-13)15(16-9-10-19-15)20-14(17)11(2)3/h5-9H,2,4,10H2,1,3H3. The lowest BCUT2D eigenvalue weighted by molar-refractivity contribution is -0.217. The Morgan fingerprint density at radius 3 is 2.65 bits per heavy atom. The van der Waals surface area contributed by atoms with Gasteiger partial charge in [-0.2, -0.15) is 0 Å². The average molecular weight is 275 g/mol. The van der Waals surface area contributed by atoms with E-state index in [4.69, 9.17) is 14.2 Å². The number of carbonyl (C=O) groups is 1. The van der Waals surface area contributed by atoms with Gasteiger partial charge < -0.3 is 14.2 Å². The lowest BCUT2D eigenvalue weighted by Gasteiger charge is -2.25. The number of carbonyl (C=O) groups excluding carboxylic acids is 1. The summed E-state index contributed by atoms with van der Waals surface area (Å²) >= 11 is 0. The van der Waals surface area contributed by atoms with Crippen LogP contribution in [0.4, 0.5) is 0 Å². The molecule has 1 heterocycles. The van der Waals surface area contributed by atoms with Crippen molar-refractivity contribution in [2.75, 3.05) is 13.2 Å². The normalized spacial score (nSPS) is 20.7. The van der Waals surface area contributed by atoms with Crippen LogP contribution in [0.5, 0.6) is 5.75 Å². The molecule has 20 heavy (non-hydrogen) atoms. The minimum absolute atomic E-state index is 0.288. The van der Waals surface area contributed by atoms with Gasteiger partial charge in [0.1, 0.15) is 5.75 Å². The fraction of sp³-hybridized carbons (Fsp3) is 0.333. The maximum atomic E-state index is 11.7. The van der Waals surface area contributed by atoms with Crippen LogP contribution in [0.3, 0.4) is 0 Å². The molecule has 1 unspecified atom stereocenters. The van der Waals surface area contributed by atoms with E-state index in [9.17, 15) is 4.79 Å². The molecule has 0 amide bonds. The molecule has 0 saturated heterocycles. The van der Waals surface area contributed by atoms with E-state index in [2.05, 4.69) is 11.6 Å². The predicted octanol–water partition coefficient (Wildman–Crippen LogP) is 2.42. The largest absolute Gasteiger partial charge is 0.494 e. The van der Waals surface area contributed by atoms with E-state index in [0.717, 1.165) is 5.75 Å². The molecule has 0 bridgehead atoms.